The normalized spacial score (nSPS) is 17.9. The molecule has 1 heteroatoms. The Kier molecular flexibility index (Phi) is 1.28. The van der Waals surface area contributed by atoms with Crippen LogP contribution in [0.3, 0.4) is 0 Å². The van der Waals surface area contributed by atoms with Gasteiger partial charge in [-0.15, -0.1) is 0 Å². The van der Waals surface area contributed by atoms with Crippen molar-refractivity contribution in [1.29, 1.82) is 0 Å². The molecule has 7 heavy (non-hydrogen) atoms. The zero-order chi connectivity index (χ0) is 5.11. The lowest BCUT2D eigenvalue weighted by atomic mass is 10.7. The molecule has 1 rings (SSSR count). The molecule has 0 aromatic rings. The van der Waals surface area contributed by atoms with Crippen molar-refractivity contribution in [2.75, 3.05) is 0 Å². The monoisotopic (exact) mass is 96.1 g/mol. The molecule has 1 aliphatic rings. The Balaban J connectivity index is 2.30. The van der Waals surface area contributed by atoms with Crippen molar-refractivity contribution >= 4 is 5.87 Å². The molecule has 0 aromatic carbocycles. The summed E-state index contributed by atoms with van der Waals surface area (Å²) < 4.78 is 0. The maximum atomic E-state index is 3.10. The molecule has 1 nitrogen and oxygen atoms in total. The number of allylic oxidation sites excluding steroid dienone is 1. The Morgan fingerprint density at radius 3 is 2.86 bits per heavy atom. The van der Waals surface area contributed by atoms with Crippen molar-refractivity contribution < 1.29 is 4.99 Å². The molecule has 0 aliphatic heterocycles. The third-order valence-electron chi connectivity index (χ3n) is 1.01. The molecule has 0 atom stereocenters. The zero-order valence-corrected chi connectivity index (χ0v) is 4.57. The van der Waals surface area contributed by atoms with E-state index in [-0.39, 0.29) is 0 Å². The number of hydrogen-bond donors (Lipinski definition) is 1. The Morgan fingerprint density at radius 1 is 1.71 bits per heavy atom. The van der Waals surface area contributed by atoms with E-state index in [0.29, 0.717) is 0 Å². The standard InChI is InChI=1S/C6H9N/c1-2-5-7-6-3-4-6/h2,6H,3-4H2,1H3/p+1. The van der Waals surface area contributed by atoms with E-state index < -0.39 is 0 Å². The molecular weight excluding hydrogens is 86.1 g/mol. The minimum absolute atomic E-state index is 0.760. The minimum Gasteiger partial charge on any atom is -0.199 e. The van der Waals surface area contributed by atoms with Gasteiger partial charge in [0, 0.05) is 18.9 Å². The van der Waals surface area contributed by atoms with E-state index in [0.717, 1.165) is 6.04 Å². The van der Waals surface area contributed by atoms with E-state index >= 15 is 0 Å². The molecule has 1 aliphatic carbocycles. The van der Waals surface area contributed by atoms with Crippen LogP contribution in [0.25, 0.3) is 0 Å². The van der Waals surface area contributed by atoms with Gasteiger partial charge in [0.25, 0.3) is 0 Å². The molecular formula is C6H10N+. The fraction of sp³-hybridized carbons (Fsp3) is 0.667. The van der Waals surface area contributed by atoms with Gasteiger partial charge < -0.3 is 0 Å². The summed E-state index contributed by atoms with van der Waals surface area (Å²) in [5.41, 5.74) is 0. The van der Waals surface area contributed by atoms with Crippen molar-refractivity contribution in [3.63, 3.8) is 0 Å². The molecule has 0 aromatic heterocycles. The molecule has 0 heterocycles. The van der Waals surface area contributed by atoms with Crippen LogP contribution in [0, 0.1) is 0 Å². The maximum Gasteiger partial charge on any atom is 0.160 e. The molecule has 1 N–H and O–H groups in total. The molecule has 0 radical (unpaired) electrons. The van der Waals surface area contributed by atoms with Gasteiger partial charge >= 0.3 is 0 Å². The highest BCUT2D eigenvalue weighted by atomic mass is 14.8. The smallest absolute Gasteiger partial charge is 0.160 e. The van der Waals surface area contributed by atoms with Crippen molar-refractivity contribution in [2.45, 2.75) is 25.8 Å². The first-order valence-electron chi connectivity index (χ1n) is 2.72. The second-order valence-corrected chi connectivity index (χ2v) is 1.85. The molecule has 1 saturated carbocycles. The minimum atomic E-state index is 0.760. The molecule has 0 saturated heterocycles. The lowest BCUT2D eigenvalue weighted by Crippen LogP contribution is -2.69. The topological polar surface area (TPSA) is 14.0 Å². The molecule has 38 valence electrons. The van der Waals surface area contributed by atoms with Crippen LogP contribution >= 0.6 is 0 Å². The SMILES string of the molecule is CC=C=[NH+]C1CC1. The molecule has 0 spiro atoms. The highest BCUT2D eigenvalue weighted by molar-refractivity contribution is 5.43. The van der Waals surface area contributed by atoms with Crippen LogP contribution in [0.5, 0.6) is 0 Å². The summed E-state index contributed by atoms with van der Waals surface area (Å²) in [7, 11) is 0. The average molecular weight is 96.2 g/mol. The van der Waals surface area contributed by atoms with Gasteiger partial charge in [-0.1, -0.05) is 0 Å². The van der Waals surface area contributed by atoms with Gasteiger partial charge in [0.15, 0.2) is 11.9 Å². The quantitative estimate of drug-likeness (QED) is 0.422. The van der Waals surface area contributed by atoms with E-state index in [2.05, 4.69) is 10.9 Å². The zero-order valence-electron chi connectivity index (χ0n) is 4.57. The number of hydrogen-bond acceptors (Lipinski definition) is 0. The number of nitrogens with one attached hydrogen (secondary N) is 1. The van der Waals surface area contributed by atoms with Crippen molar-refractivity contribution in [1.82, 2.24) is 0 Å². The van der Waals surface area contributed by atoms with E-state index in [1.165, 1.54) is 12.8 Å². The molecule has 0 unspecified atom stereocenters. The van der Waals surface area contributed by atoms with Gasteiger partial charge in [0.2, 0.25) is 0 Å². The van der Waals surface area contributed by atoms with Crippen LogP contribution in [0.2, 0.25) is 0 Å². The predicted molar refractivity (Wildman–Crippen MR) is 29.2 cm³/mol. The summed E-state index contributed by atoms with van der Waals surface area (Å²) in [5, 5.41) is 0. The van der Waals surface area contributed by atoms with E-state index in [4.69, 9.17) is 0 Å². The summed E-state index contributed by atoms with van der Waals surface area (Å²) >= 11 is 0. The summed E-state index contributed by atoms with van der Waals surface area (Å²) in [6, 6.07) is 0.760. The van der Waals surface area contributed by atoms with Gasteiger partial charge in [-0.3, -0.25) is 0 Å². The highest BCUT2D eigenvalue weighted by Crippen LogP contribution is 2.12. The second-order valence-electron chi connectivity index (χ2n) is 1.85. The third kappa shape index (κ3) is 1.56. The van der Waals surface area contributed by atoms with Crippen LogP contribution in [-0.2, 0) is 0 Å². The van der Waals surface area contributed by atoms with Gasteiger partial charge in [-0.05, 0) is 6.92 Å². The van der Waals surface area contributed by atoms with Gasteiger partial charge in [-0.25, -0.2) is 0 Å². The summed E-state index contributed by atoms with van der Waals surface area (Å²) in [6.45, 7) is 1.97. The van der Waals surface area contributed by atoms with Crippen LogP contribution in [0.4, 0.5) is 0 Å². The molecule has 1 fully saturated rings. The maximum absolute atomic E-state index is 3.10. The Labute approximate surface area is 43.8 Å². The average Bonchev–Trinajstić information content (AvgIpc) is 2.42. The highest BCUT2D eigenvalue weighted by Gasteiger charge is 2.25. The van der Waals surface area contributed by atoms with Crippen molar-refractivity contribution in [2.24, 2.45) is 0 Å². The first-order chi connectivity index (χ1) is 3.43. The van der Waals surface area contributed by atoms with Crippen molar-refractivity contribution in [3.05, 3.63) is 6.08 Å². The second kappa shape index (κ2) is 1.94. The Morgan fingerprint density at radius 2 is 2.43 bits per heavy atom. The third-order valence-corrected chi connectivity index (χ3v) is 1.01. The fourth-order valence-electron chi connectivity index (χ4n) is 0.429. The largest absolute Gasteiger partial charge is 0.199 e. The first-order valence-corrected chi connectivity index (χ1v) is 2.72. The Bertz CT molecular complexity index is 105. The fourth-order valence-corrected chi connectivity index (χ4v) is 0.429. The Hall–Kier alpha value is -0.550. The van der Waals surface area contributed by atoms with Crippen LogP contribution in [-0.4, -0.2) is 11.9 Å². The molecule has 0 bridgehead atoms. The van der Waals surface area contributed by atoms with E-state index in [9.17, 15) is 0 Å². The lowest BCUT2D eigenvalue weighted by Gasteiger charge is -1.60. The van der Waals surface area contributed by atoms with Gasteiger partial charge in [-0.2, -0.15) is 4.99 Å². The van der Waals surface area contributed by atoms with Crippen LogP contribution in [0.1, 0.15) is 19.8 Å². The van der Waals surface area contributed by atoms with Gasteiger partial charge in [0.05, 0.1) is 0 Å². The van der Waals surface area contributed by atoms with E-state index in [1.807, 2.05) is 13.0 Å². The molecule has 0 amide bonds. The van der Waals surface area contributed by atoms with E-state index in [1.54, 1.807) is 0 Å². The van der Waals surface area contributed by atoms with Crippen molar-refractivity contribution in [3.8, 4) is 0 Å². The van der Waals surface area contributed by atoms with Crippen LogP contribution < -0.4 is 4.99 Å². The number of rotatable bonds is 1. The summed E-state index contributed by atoms with van der Waals surface area (Å²) in [5.74, 6) is 2.94. The lowest BCUT2D eigenvalue weighted by molar-refractivity contribution is -0.465. The van der Waals surface area contributed by atoms with Gasteiger partial charge in [0.1, 0.15) is 0 Å². The van der Waals surface area contributed by atoms with Crippen LogP contribution in [0.15, 0.2) is 6.08 Å². The first kappa shape index (κ1) is 4.61. The summed E-state index contributed by atoms with van der Waals surface area (Å²) in [6.07, 6.45) is 4.57. The summed E-state index contributed by atoms with van der Waals surface area (Å²) in [4.78, 5) is 3.10. The predicted octanol–water partition coefficient (Wildman–Crippen LogP) is -0.525.